The van der Waals surface area contributed by atoms with E-state index >= 15 is 0 Å². The predicted molar refractivity (Wildman–Crippen MR) is 78.9 cm³/mol. The van der Waals surface area contributed by atoms with Gasteiger partial charge in [0.2, 0.25) is 0 Å². The molecular formula is C14H19N3O4. The standard InChI is InChI=1S/C14H19N3O4/c1-15-6-5-10(8-15)9-16(2)12-4-3-11(14(18)19)7-13(12)17(20)21/h3-4,7,10H,5-6,8-9H2,1-2H3,(H,18,19). The Labute approximate surface area is 122 Å². The van der Waals surface area contributed by atoms with Crippen molar-refractivity contribution < 1.29 is 14.8 Å². The van der Waals surface area contributed by atoms with Crippen molar-refractivity contribution in [3.63, 3.8) is 0 Å². The minimum Gasteiger partial charge on any atom is -0.478 e. The lowest BCUT2D eigenvalue weighted by atomic mass is 10.1. The second-order valence-corrected chi connectivity index (χ2v) is 5.56. The maximum Gasteiger partial charge on any atom is 0.335 e. The summed E-state index contributed by atoms with van der Waals surface area (Å²) in [4.78, 5) is 25.6. The Morgan fingerprint density at radius 2 is 2.29 bits per heavy atom. The number of nitro benzene ring substituents is 1. The number of nitrogens with zero attached hydrogens (tertiary/aromatic N) is 3. The molecule has 1 aromatic rings. The largest absolute Gasteiger partial charge is 0.478 e. The lowest BCUT2D eigenvalue weighted by Gasteiger charge is -2.23. The molecule has 1 N–H and O–H groups in total. The minimum absolute atomic E-state index is 0.0700. The van der Waals surface area contributed by atoms with Crippen LogP contribution in [0.3, 0.4) is 0 Å². The van der Waals surface area contributed by atoms with E-state index in [0.29, 0.717) is 11.6 Å². The molecule has 1 aliphatic rings. The molecule has 0 spiro atoms. The van der Waals surface area contributed by atoms with Gasteiger partial charge >= 0.3 is 5.97 Å². The molecule has 1 aliphatic heterocycles. The maximum atomic E-state index is 11.2. The summed E-state index contributed by atoms with van der Waals surface area (Å²) >= 11 is 0. The number of rotatable bonds is 5. The summed E-state index contributed by atoms with van der Waals surface area (Å²) < 4.78 is 0. The number of nitro groups is 1. The van der Waals surface area contributed by atoms with Gasteiger partial charge in [-0.05, 0) is 38.1 Å². The van der Waals surface area contributed by atoms with E-state index in [1.807, 2.05) is 4.90 Å². The van der Waals surface area contributed by atoms with E-state index < -0.39 is 10.9 Å². The number of aromatic carboxylic acids is 1. The SMILES string of the molecule is CN1CCC(CN(C)c2ccc(C(=O)O)cc2[N+](=O)[O-])C1. The first-order valence-corrected chi connectivity index (χ1v) is 6.80. The van der Waals surface area contributed by atoms with Gasteiger partial charge in [-0.3, -0.25) is 10.1 Å². The van der Waals surface area contributed by atoms with Crippen LogP contribution in [0, 0.1) is 16.0 Å². The van der Waals surface area contributed by atoms with E-state index in [9.17, 15) is 14.9 Å². The van der Waals surface area contributed by atoms with Gasteiger partial charge in [0.1, 0.15) is 5.69 Å². The molecule has 7 heteroatoms. The number of carbonyl (C=O) groups is 1. The Morgan fingerprint density at radius 3 is 2.81 bits per heavy atom. The molecule has 114 valence electrons. The van der Waals surface area contributed by atoms with E-state index in [1.54, 1.807) is 7.05 Å². The zero-order valence-corrected chi connectivity index (χ0v) is 12.2. The summed E-state index contributed by atoms with van der Waals surface area (Å²) in [5.74, 6) is -0.691. The van der Waals surface area contributed by atoms with E-state index in [0.717, 1.165) is 32.1 Å². The zero-order valence-electron chi connectivity index (χ0n) is 12.2. The van der Waals surface area contributed by atoms with Crippen LogP contribution in [0.5, 0.6) is 0 Å². The smallest absolute Gasteiger partial charge is 0.335 e. The van der Waals surface area contributed by atoms with Crippen molar-refractivity contribution in [2.45, 2.75) is 6.42 Å². The van der Waals surface area contributed by atoms with Gasteiger partial charge in [0.05, 0.1) is 10.5 Å². The lowest BCUT2D eigenvalue weighted by molar-refractivity contribution is -0.384. The fourth-order valence-electron chi connectivity index (χ4n) is 2.79. The highest BCUT2D eigenvalue weighted by Gasteiger charge is 2.24. The number of likely N-dealkylation sites (tertiary alicyclic amines) is 1. The number of carboxylic acids is 1. The van der Waals surface area contributed by atoms with Gasteiger partial charge in [0.15, 0.2) is 0 Å². The van der Waals surface area contributed by atoms with Gasteiger partial charge < -0.3 is 14.9 Å². The third-order valence-electron chi connectivity index (χ3n) is 3.85. The third kappa shape index (κ3) is 3.49. The Balaban J connectivity index is 2.21. The van der Waals surface area contributed by atoms with Crippen LogP contribution in [0.2, 0.25) is 0 Å². The van der Waals surface area contributed by atoms with Crippen LogP contribution >= 0.6 is 0 Å². The molecule has 0 radical (unpaired) electrons. The van der Waals surface area contributed by atoms with Crippen LogP contribution in [-0.2, 0) is 0 Å². The molecule has 1 heterocycles. The summed E-state index contributed by atoms with van der Waals surface area (Å²) in [5, 5.41) is 20.1. The number of hydrogen-bond acceptors (Lipinski definition) is 5. The highest BCUT2D eigenvalue weighted by molar-refractivity contribution is 5.89. The molecule has 1 atom stereocenters. The van der Waals surface area contributed by atoms with Gasteiger partial charge in [0, 0.05) is 26.2 Å². The molecule has 0 amide bonds. The molecule has 7 nitrogen and oxygen atoms in total. The number of hydrogen-bond donors (Lipinski definition) is 1. The molecule has 2 rings (SSSR count). The maximum absolute atomic E-state index is 11.2. The van der Waals surface area contributed by atoms with Crippen LogP contribution < -0.4 is 4.90 Å². The highest BCUT2D eigenvalue weighted by Crippen LogP contribution is 2.30. The highest BCUT2D eigenvalue weighted by atomic mass is 16.6. The monoisotopic (exact) mass is 293 g/mol. The van der Waals surface area contributed by atoms with Crippen molar-refractivity contribution >= 4 is 17.3 Å². The van der Waals surface area contributed by atoms with Gasteiger partial charge in [-0.15, -0.1) is 0 Å². The van der Waals surface area contributed by atoms with Gasteiger partial charge in [0.25, 0.3) is 5.69 Å². The fourth-order valence-corrected chi connectivity index (χ4v) is 2.79. The van der Waals surface area contributed by atoms with Gasteiger partial charge in [-0.1, -0.05) is 0 Å². The minimum atomic E-state index is -1.16. The molecule has 1 unspecified atom stereocenters. The van der Waals surface area contributed by atoms with Crippen LogP contribution in [0.1, 0.15) is 16.8 Å². The number of anilines is 1. The second-order valence-electron chi connectivity index (χ2n) is 5.56. The summed E-state index contributed by atoms with van der Waals surface area (Å²) in [6.07, 6.45) is 1.07. The van der Waals surface area contributed by atoms with Gasteiger partial charge in [-0.25, -0.2) is 4.79 Å². The van der Waals surface area contributed by atoms with Crippen molar-refractivity contribution in [1.29, 1.82) is 0 Å². The Kier molecular flexibility index (Phi) is 4.42. The van der Waals surface area contributed by atoms with Crippen molar-refractivity contribution in [2.24, 2.45) is 5.92 Å². The van der Waals surface area contributed by atoms with Gasteiger partial charge in [-0.2, -0.15) is 0 Å². The fraction of sp³-hybridized carbons (Fsp3) is 0.500. The topological polar surface area (TPSA) is 86.9 Å². The average molecular weight is 293 g/mol. The number of carboxylic acid groups (broad SMARTS) is 1. The van der Waals surface area contributed by atoms with E-state index in [4.69, 9.17) is 5.11 Å². The summed E-state index contributed by atoms with van der Waals surface area (Å²) in [6.45, 7) is 2.74. The lowest BCUT2D eigenvalue weighted by Crippen LogP contribution is -2.27. The molecule has 1 fully saturated rings. The molecular weight excluding hydrogens is 274 g/mol. The van der Waals surface area contributed by atoms with Crippen LogP contribution in [0.4, 0.5) is 11.4 Å². The van der Waals surface area contributed by atoms with E-state index in [-0.39, 0.29) is 11.3 Å². The van der Waals surface area contributed by atoms with Crippen molar-refractivity contribution in [1.82, 2.24) is 4.90 Å². The van der Waals surface area contributed by atoms with Crippen molar-refractivity contribution in [3.8, 4) is 0 Å². The number of benzene rings is 1. The summed E-state index contributed by atoms with van der Waals surface area (Å²) in [7, 11) is 3.87. The Hall–Kier alpha value is -2.15. The summed E-state index contributed by atoms with van der Waals surface area (Å²) in [5.41, 5.74) is 0.225. The Morgan fingerprint density at radius 1 is 1.57 bits per heavy atom. The molecule has 0 aliphatic carbocycles. The molecule has 21 heavy (non-hydrogen) atoms. The second kappa shape index (κ2) is 6.09. The zero-order chi connectivity index (χ0) is 15.6. The van der Waals surface area contributed by atoms with Crippen molar-refractivity contribution in [3.05, 3.63) is 33.9 Å². The van der Waals surface area contributed by atoms with Crippen LogP contribution in [0.25, 0.3) is 0 Å². The van der Waals surface area contributed by atoms with Crippen LogP contribution in [0.15, 0.2) is 18.2 Å². The molecule has 0 bridgehead atoms. The first-order chi connectivity index (χ1) is 9.88. The average Bonchev–Trinajstić information content (AvgIpc) is 2.83. The van der Waals surface area contributed by atoms with E-state index in [2.05, 4.69) is 11.9 Å². The quantitative estimate of drug-likeness (QED) is 0.656. The Bertz CT molecular complexity index is 561. The van der Waals surface area contributed by atoms with E-state index in [1.165, 1.54) is 12.1 Å². The molecule has 1 aromatic carbocycles. The van der Waals surface area contributed by atoms with Crippen molar-refractivity contribution in [2.75, 3.05) is 38.6 Å². The molecule has 0 saturated carbocycles. The first kappa shape index (κ1) is 15.2. The van der Waals surface area contributed by atoms with Crippen LogP contribution in [-0.4, -0.2) is 54.6 Å². The molecule has 0 aromatic heterocycles. The first-order valence-electron chi connectivity index (χ1n) is 6.80. The third-order valence-corrected chi connectivity index (χ3v) is 3.85. The molecule has 1 saturated heterocycles. The predicted octanol–water partition coefficient (Wildman–Crippen LogP) is 1.68. The summed E-state index contributed by atoms with van der Waals surface area (Å²) in [6, 6.07) is 4.04. The normalized spacial score (nSPS) is 18.7.